The number of alkyl halides is 3. The lowest BCUT2D eigenvalue weighted by Gasteiger charge is -2.28. The summed E-state index contributed by atoms with van der Waals surface area (Å²) in [6, 6.07) is 6.29. The van der Waals surface area contributed by atoms with E-state index in [-0.39, 0.29) is 40.3 Å². The first-order valence-electron chi connectivity index (χ1n) is 11.8. The number of Topliss-reactive ketones (excluding diaryl/α,β-unsaturated/α-hetero) is 1. The molecule has 2 heterocycles. The van der Waals surface area contributed by atoms with Gasteiger partial charge in [-0.3, -0.25) is 19.1 Å². The zero-order valence-corrected chi connectivity index (χ0v) is 20.2. The number of ether oxygens (including phenoxy) is 1. The molecule has 2 fully saturated rings. The Morgan fingerprint density at radius 1 is 1.13 bits per heavy atom. The van der Waals surface area contributed by atoms with Crippen molar-refractivity contribution in [3.8, 4) is 5.75 Å². The van der Waals surface area contributed by atoms with Crippen molar-refractivity contribution in [2.24, 2.45) is 5.92 Å². The number of piperidine rings is 1. The van der Waals surface area contributed by atoms with Gasteiger partial charge in [0, 0.05) is 24.4 Å². The predicted octanol–water partition coefficient (Wildman–Crippen LogP) is 3.74. The Labute approximate surface area is 217 Å². The van der Waals surface area contributed by atoms with Crippen LogP contribution < -0.4 is 9.86 Å². The molecule has 2 amide bonds. The number of aromatic nitrogens is 2. The SMILES string of the molecule is CC(=O)c1nn(CC(=O)N2[C@@H]3C[C@@H]3C[C@H]2C(=O)N(F)c2cccc(OC(F)(F)F)c2)c2cc(C(=O)O)ccc12. The number of ketones is 1. The summed E-state index contributed by atoms with van der Waals surface area (Å²) in [5.74, 6) is -4.14. The lowest BCUT2D eigenvalue weighted by atomic mass is 10.1. The number of carbonyl (C=O) groups excluding carboxylic acids is 3. The number of halogens is 4. The van der Waals surface area contributed by atoms with Crippen molar-refractivity contribution in [1.29, 1.82) is 0 Å². The van der Waals surface area contributed by atoms with Crippen molar-refractivity contribution in [2.75, 3.05) is 5.12 Å². The molecule has 0 unspecified atom stereocenters. The fourth-order valence-electron chi connectivity index (χ4n) is 4.99. The minimum absolute atomic E-state index is 0.0315. The van der Waals surface area contributed by atoms with Gasteiger partial charge in [-0.05, 0) is 49.1 Å². The fraction of sp³-hybridized carbons (Fsp3) is 0.320. The average molecular weight is 548 g/mol. The number of carboxylic acid groups (broad SMARTS) is 1. The Kier molecular flexibility index (Phi) is 6.27. The van der Waals surface area contributed by atoms with Crippen LogP contribution in [0.5, 0.6) is 5.75 Å². The number of fused-ring (bicyclic) bond motifs is 2. The molecular formula is C25H20F4N4O6. The van der Waals surface area contributed by atoms with Gasteiger partial charge in [0.15, 0.2) is 5.78 Å². The molecule has 10 nitrogen and oxygen atoms in total. The second kappa shape index (κ2) is 9.36. The van der Waals surface area contributed by atoms with Crippen molar-refractivity contribution >= 4 is 40.2 Å². The number of amides is 2. The van der Waals surface area contributed by atoms with Gasteiger partial charge in [-0.15, -0.1) is 18.3 Å². The Hall–Kier alpha value is -4.49. The van der Waals surface area contributed by atoms with E-state index in [4.69, 9.17) is 0 Å². The van der Waals surface area contributed by atoms with E-state index in [9.17, 15) is 37.5 Å². The lowest BCUT2D eigenvalue weighted by molar-refractivity contribution is -0.274. The molecule has 2 aliphatic rings. The molecule has 1 aromatic heterocycles. The van der Waals surface area contributed by atoms with Crippen LogP contribution in [0.3, 0.4) is 0 Å². The Balaban J connectivity index is 1.40. The minimum Gasteiger partial charge on any atom is -0.478 e. The third kappa shape index (κ3) is 5.01. The first-order chi connectivity index (χ1) is 18.3. The summed E-state index contributed by atoms with van der Waals surface area (Å²) in [5.41, 5.74) is -0.340. The molecule has 1 aliphatic carbocycles. The van der Waals surface area contributed by atoms with Gasteiger partial charge < -0.3 is 14.7 Å². The van der Waals surface area contributed by atoms with E-state index < -0.39 is 54.0 Å². The van der Waals surface area contributed by atoms with Gasteiger partial charge >= 0.3 is 12.3 Å². The summed E-state index contributed by atoms with van der Waals surface area (Å²) in [5, 5.41) is 13.6. The van der Waals surface area contributed by atoms with E-state index in [1.807, 2.05) is 0 Å². The maximum atomic E-state index is 15.1. The summed E-state index contributed by atoms with van der Waals surface area (Å²) in [7, 11) is 0. The summed E-state index contributed by atoms with van der Waals surface area (Å²) in [6.45, 7) is 0.814. The van der Waals surface area contributed by atoms with E-state index in [1.54, 1.807) is 0 Å². The highest BCUT2D eigenvalue weighted by molar-refractivity contribution is 6.06. The highest BCUT2D eigenvalue weighted by atomic mass is 19.4. The fourth-order valence-corrected chi connectivity index (χ4v) is 4.99. The molecule has 204 valence electrons. The average Bonchev–Trinajstić information content (AvgIpc) is 3.37. The van der Waals surface area contributed by atoms with Crippen molar-refractivity contribution in [1.82, 2.24) is 14.7 Å². The van der Waals surface area contributed by atoms with Gasteiger partial charge in [-0.25, -0.2) is 4.79 Å². The third-order valence-electron chi connectivity index (χ3n) is 6.77. The molecule has 14 heteroatoms. The van der Waals surface area contributed by atoms with Crippen LogP contribution in [-0.2, 0) is 16.1 Å². The number of hydrogen-bond donors (Lipinski definition) is 1. The molecule has 39 heavy (non-hydrogen) atoms. The zero-order valence-electron chi connectivity index (χ0n) is 20.2. The number of rotatable bonds is 7. The van der Waals surface area contributed by atoms with E-state index in [0.717, 1.165) is 18.2 Å². The van der Waals surface area contributed by atoms with Crippen molar-refractivity contribution in [2.45, 2.75) is 44.8 Å². The van der Waals surface area contributed by atoms with Gasteiger partial charge in [0.05, 0.1) is 16.8 Å². The first kappa shape index (κ1) is 26.1. The van der Waals surface area contributed by atoms with Crippen LogP contribution in [0.2, 0.25) is 0 Å². The monoisotopic (exact) mass is 548 g/mol. The second-order valence-electron chi connectivity index (χ2n) is 9.38. The van der Waals surface area contributed by atoms with E-state index in [0.29, 0.717) is 17.9 Å². The van der Waals surface area contributed by atoms with Crippen LogP contribution in [0.25, 0.3) is 10.9 Å². The Bertz CT molecular complexity index is 1520. The normalized spacial score (nSPS) is 20.0. The molecule has 1 saturated heterocycles. The van der Waals surface area contributed by atoms with Crippen molar-refractivity contribution in [3.05, 3.63) is 53.7 Å². The number of carboxylic acids is 1. The minimum atomic E-state index is -5.01. The smallest absolute Gasteiger partial charge is 0.478 e. The molecule has 1 saturated carbocycles. The maximum Gasteiger partial charge on any atom is 0.573 e. The largest absolute Gasteiger partial charge is 0.573 e. The van der Waals surface area contributed by atoms with E-state index in [1.165, 1.54) is 34.7 Å². The van der Waals surface area contributed by atoms with Gasteiger partial charge in [-0.1, -0.05) is 10.5 Å². The molecule has 2 aromatic carbocycles. The number of hydrogen-bond acceptors (Lipinski definition) is 6. The molecule has 1 aliphatic heterocycles. The van der Waals surface area contributed by atoms with Crippen LogP contribution in [0, 0.1) is 5.92 Å². The highest BCUT2D eigenvalue weighted by Crippen LogP contribution is 2.48. The number of aromatic carboxylic acids is 1. The van der Waals surface area contributed by atoms with Crippen LogP contribution >= 0.6 is 0 Å². The van der Waals surface area contributed by atoms with Crippen LogP contribution in [0.4, 0.5) is 23.3 Å². The highest BCUT2D eigenvalue weighted by Gasteiger charge is 2.57. The molecule has 0 radical (unpaired) electrons. The summed E-state index contributed by atoms with van der Waals surface area (Å²) < 4.78 is 57.7. The molecule has 3 atom stereocenters. The molecule has 0 bridgehead atoms. The van der Waals surface area contributed by atoms with Crippen LogP contribution in [0.15, 0.2) is 42.5 Å². The maximum absolute atomic E-state index is 15.1. The third-order valence-corrected chi connectivity index (χ3v) is 6.77. The van der Waals surface area contributed by atoms with Gasteiger partial charge in [0.2, 0.25) is 5.91 Å². The molecular weight excluding hydrogens is 528 g/mol. The topological polar surface area (TPSA) is 122 Å². The van der Waals surface area contributed by atoms with Crippen molar-refractivity contribution < 1.29 is 46.7 Å². The number of carbonyl (C=O) groups is 4. The number of benzene rings is 2. The standard InChI is InChI=1S/C25H20F4N4O6/c1-12(34)22-17-6-5-13(24(37)38)7-19(17)31(30-22)11-21(35)32-18-8-14(18)9-20(32)23(36)33(29)15-3-2-4-16(10-15)39-25(26,27)28/h2-7,10,14,18,20H,8-9,11H2,1H3,(H,37,38)/t14-,18-,20+/m1/s1. The molecule has 1 N–H and O–H groups in total. The second-order valence-corrected chi connectivity index (χ2v) is 9.38. The molecule has 3 aromatic rings. The van der Waals surface area contributed by atoms with Crippen LogP contribution in [-0.4, -0.2) is 61.8 Å². The van der Waals surface area contributed by atoms with Crippen LogP contribution in [0.1, 0.15) is 40.6 Å². The Morgan fingerprint density at radius 3 is 2.54 bits per heavy atom. The van der Waals surface area contributed by atoms with E-state index >= 15 is 4.48 Å². The number of nitrogens with zero attached hydrogens (tertiary/aromatic N) is 4. The molecule has 5 rings (SSSR count). The Morgan fingerprint density at radius 2 is 1.87 bits per heavy atom. The van der Waals surface area contributed by atoms with Crippen molar-refractivity contribution in [3.63, 3.8) is 0 Å². The number of anilines is 1. The zero-order chi connectivity index (χ0) is 28.2. The van der Waals surface area contributed by atoms with Gasteiger partial charge in [0.1, 0.15) is 24.0 Å². The quantitative estimate of drug-likeness (QED) is 0.271. The summed E-state index contributed by atoms with van der Waals surface area (Å²) >= 11 is 0. The molecule has 0 spiro atoms. The van der Waals surface area contributed by atoms with E-state index in [2.05, 4.69) is 9.84 Å². The van der Waals surface area contributed by atoms with Gasteiger partial charge in [-0.2, -0.15) is 5.10 Å². The summed E-state index contributed by atoms with van der Waals surface area (Å²) in [4.78, 5) is 51.2. The predicted molar refractivity (Wildman–Crippen MR) is 126 cm³/mol. The summed E-state index contributed by atoms with van der Waals surface area (Å²) in [6.07, 6.45) is -4.25. The lowest BCUT2D eigenvalue weighted by Crippen LogP contribution is -2.48. The number of likely N-dealkylation sites (tertiary alicyclic amines) is 1. The van der Waals surface area contributed by atoms with Gasteiger partial charge in [0.25, 0.3) is 5.91 Å². The first-order valence-corrected chi connectivity index (χ1v) is 11.8.